The van der Waals surface area contributed by atoms with E-state index in [0.717, 1.165) is 24.2 Å². The third-order valence-corrected chi connectivity index (χ3v) is 2.78. The molecule has 2 rings (SSSR count). The SMILES string of the molecule is Nc1ncc(Cl)cc1CCCOc1ccccc1. The van der Waals surface area contributed by atoms with Crippen molar-refractivity contribution in [2.45, 2.75) is 12.8 Å². The second kappa shape index (κ2) is 6.26. The number of halogens is 1. The Bertz CT molecular complexity index is 502. The first-order chi connectivity index (χ1) is 8.75. The van der Waals surface area contributed by atoms with Gasteiger partial charge < -0.3 is 10.5 Å². The van der Waals surface area contributed by atoms with Crippen LogP contribution in [0.3, 0.4) is 0 Å². The second-order valence-electron chi connectivity index (χ2n) is 3.96. The topological polar surface area (TPSA) is 48.1 Å². The normalized spacial score (nSPS) is 10.3. The van der Waals surface area contributed by atoms with E-state index in [1.54, 1.807) is 6.20 Å². The zero-order valence-electron chi connectivity index (χ0n) is 9.97. The molecule has 2 N–H and O–H groups in total. The van der Waals surface area contributed by atoms with Gasteiger partial charge in [-0.05, 0) is 36.6 Å². The average molecular weight is 263 g/mol. The van der Waals surface area contributed by atoms with Crippen molar-refractivity contribution in [2.24, 2.45) is 0 Å². The van der Waals surface area contributed by atoms with Gasteiger partial charge in [-0.3, -0.25) is 0 Å². The highest BCUT2D eigenvalue weighted by Crippen LogP contribution is 2.17. The van der Waals surface area contributed by atoms with Crippen molar-refractivity contribution in [1.29, 1.82) is 0 Å². The standard InChI is InChI=1S/C14H15ClN2O/c15-12-9-11(14(16)17-10-12)5-4-8-18-13-6-2-1-3-7-13/h1-3,6-7,9-10H,4-5,8H2,(H2,16,17). The zero-order chi connectivity index (χ0) is 12.8. The van der Waals surface area contributed by atoms with Crippen molar-refractivity contribution in [2.75, 3.05) is 12.3 Å². The molecule has 0 unspecified atom stereocenters. The summed E-state index contributed by atoms with van der Waals surface area (Å²) in [5, 5.41) is 0.614. The summed E-state index contributed by atoms with van der Waals surface area (Å²) in [7, 11) is 0. The number of aromatic nitrogens is 1. The van der Waals surface area contributed by atoms with Crippen molar-refractivity contribution in [3.05, 3.63) is 53.2 Å². The van der Waals surface area contributed by atoms with Crippen molar-refractivity contribution in [1.82, 2.24) is 4.98 Å². The molecule has 0 atom stereocenters. The third-order valence-electron chi connectivity index (χ3n) is 2.57. The van der Waals surface area contributed by atoms with E-state index in [1.807, 2.05) is 36.4 Å². The van der Waals surface area contributed by atoms with Crippen LogP contribution in [0.2, 0.25) is 5.02 Å². The molecule has 18 heavy (non-hydrogen) atoms. The summed E-state index contributed by atoms with van der Waals surface area (Å²) in [6.07, 6.45) is 3.24. The molecule has 0 bridgehead atoms. The Labute approximate surface area is 112 Å². The minimum Gasteiger partial charge on any atom is -0.494 e. The second-order valence-corrected chi connectivity index (χ2v) is 4.40. The van der Waals surface area contributed by atoms with Crippen LogP contribution in [-0.2, 0) is 6.42 Å². The van der Waals surface area contributed by atoms with Gasteiger partial charge in [0.2, 0.25) is 0 Å². The summed E-state index contributed by atoms with van der Waals surface area (Å²) < 4.78 is 5.60. The molecular weight excluding hydrogens is 248 g/mol. The number of rotatable bonds is 5. The quantitative estimate of drug-likeness (QED) is 0.841. The summed E-state index contributed by atoms with van der Waals surface area (Å²) in [6, 6.07) is 11.6. The average Bonchev–Trinajstić information content (AvgIpc) is 2.40. The van der Waals surface area contributed by atoms with Crippen LogP contribution < -0.4 is 10.5 Å². The molecule has 1 heterocycles. The van der Waals surface area contributed by atoms with E-state index in [9.17, 15) is 0 Å². The predicted octanol–water partition coefficient (Wildman–Crippen LogP) is 3.33. The number of hydrogen-bond donors (Lipinski definition) is 1. The molecular formula is C14H15ClN2O. The Balaban J connectivity index is 1.80. The van der Waals surface area contributed by atoms with Gasteiger partial charge >= 0.3 is 0 Å². The smallest absolute Gasteiger partial charge is 0.126 e. The molecule has 0 radical (unpaired) electrons. The van der Waals surface area contributed by atoms with Crippen molar-refractivity contribution >= 4 is 17.4 Å². The number of aryl methyl sites for hydroxylation is 1. The van der Waals surface area contributed by atoms with Gasteiger partial charge in [0.25, 0.3) is 0 Å². The Morgan fingerprint density at radius 2 is 2.00 bits per heavy atom. The summed E-state index contributed by atoms with van der Waals surface area (Å²) >= 11 is 5.88. The fraction of sp³-hybridized carbons (Fsp3) is 0.214. The van der Waals surface area contributed by atoms with Gasteiger partial charge in [-0.2, -0.15) is 0 Å². The number of hydrogen-bond acceptors (Lipinski definition) is 3. The number of anilines is 1. The number of nitrogens with zero attached hydrogens (tertiary/aromatic N) is 1. The van der Waals surface area contributed by atoms with Crippen LogP contribution >= 0.6 is 11.6 Å². The fourth-order valence-electron chi connectivity index (χ4n) is 1.66. The van der Waals surface area contributed by atoms with Gasteiger partial charge in [0, 0.05) is 6.20 Å². The first-order valence-corrected chi connectivity index (χ1v) is 6.21. The molecule has 0 aliphatic carbocycles. The maximum Gasteiger partial charge on any atom is 0.126 e. The van der Waals surface area contributed by atoms with Gasteiger partial charge in [0.05, 0.1) is 11.6 Å². The van der Waals surface area contributed by atoms with E-state index in [-0.39, 0.29) is 0 Å². The van der Waals surface area contributed by atoms with E-state index in [1.165, 1.54) is 0 Å². The number of ether oxygens (including phenoxy) is 1. The van der Waals surface area contributed by atoms with E-state index in [4.69, 9.17) is 22.1 Å². The van der Waals surface area contributed by atoms with Crippen LogP contribution in [0.1, 0.15) is 12.0 Å². The Hall–Kier alpha value is -1.74. The molecule has 1 aromatic carbocycles. The van der Waals surface area contributed by atoms with E-state index < -0.39 is 0 Å². The first-order valence-electron chi connectivity index (χ1n) is 5.83. The lowest BCUT2D eigenvalue weighted by Gasteiger charge is -2.07. The molecule has 94 valence electrons. The van der Waals surface area contributed by atoms with E-state index >= 15 is 0 Å². The molecule has 2 aromatic rings. The Kier molecular flexibility index (Phi) is 4.42. The molecule has 1 aromatic heterocycles. The molecule has 0 saturated heterocycles. The fourth-order valence-corrected chi connectivity index (χ4v) is 1.84. The molecule has 4 heteroatoms. The summed E-state index contributed by atoms with van der Waals surface area (Å²) in [5.74, 6) is 1.42. The minimum atomic E-state index is 0.541. The molecule has 3 nitrogen and oxygen atoms in total. The van der Waals surface area contributed by atoms with Gasteiger partial charge in [-0.25, -0.2) is 4.98 Å². The van der Waals surface area contributed by atoms with Crippen LogP contribution in [0, 0.1) is 0 Å². The third kappa shape index (κ3) is 3.64. The number of nitrogens with two attached hydrogens (primary N) is 1. The Morgan fingerprint density at radius 3 is 2.78 bits per heavy atom. The minimum absolute atomic E-state index is 0.541. The summed E-state index contributed by atoms with van der Waals surface area (Å²) in [6.45, 7) is 0.649. The largest absolute Gasteiger partial charge is 0.494 e. The maximum absolute atomic E-state index is 5.88. The molecule has 0 aliphatic heterocycles. The van der Waals surface area contributed by atoms with Crippen molar-refractivity contribution in [3.63, 3.8) is 0 Å². The lowest BCUT2D eigenvalue weighted by atomic mass is 10.1. The molecule has 0 spiro atoms. The number of para-hydroxylation sites is 1. The number of pyridine rings is 1. The van der Waals surface area contributed by atoms with Gasteiger partial charge in [-0.15, -0.1) is 0 Å². The highest BCUT2D eigenvalue weighted by Gasteiger charge is 2.02. The Morgan fingerprint density at radius 1 is 1.22 bits per heavy atom. The molecule has 0 fully saturated rings. The van der Waals surface area contributed by atoms with Crippen LogP contribution in [0.5, 0.6) is 5.75 Å². The monoisotopic (exact) mass is 262 g/mol. The number of benzene rings is 1. The van der Waals surface area contributed by atoms with E-state index in [0.29, 0.717) is 17.4 Å². The van der Waals surface area contributed by atoms with Crippen LogP contribution in [0.4, 0.5) is 5.82 Å². The first kappa shape index (κ1) is 12.7. The predicted molar refractivity (Wildman–Crippen MR) is 73.9 cm³/mol. The highest BCUT2D eigenvalue weighted by atomic mass is 35.5. The molecule has 0 amide bonds. The van der Waals surface area contributed by atoms with E-state index in [2.05, 4.69) is 4.98 Å². The molecule has 0 saturated carbocycles. The van der Waals surface area contributed by atoms with Crippen LogP contribution in [0.15, 0.2) is 42.6 Å². The van der Waals surface area contributed by atoms with Gasteiger partial charge in [0.1, 0.15) is 11.6 Å². The van der Waals surface area contributed by atoms with Gasteiger partial charge in [0.15, 0.2) is 0 Å². The number of nitrogen functional groups attached to an aromatic ring is 1. The maximum atomic E-state index is 5.88. The summed E-state index contributed by atoms with van der Waals surface area (Å²) in [4.78, 5) is 4.02. The molecule has 0 aliphatic rings. The highest BCUT2D eigenvalue weighted by molar-refractivity contribution is 6.30. The lowest BCUT2D eigenvalue weighted by molar-refractivity contribution is 0.311. The van der Waals surface area contributed by atoms with Gasteiger partial charge in [-0.1, -0.05) is 29.8 Å². The van der Waals surface area contributed by atoms with Crippen molar-refractivity contribution in [3.8, 4) is 5.75 Å². The lowest BCUT2D eigenvalue weighted by Crippen LogP contribution is -2.02. The van der Waals surface area contributed by atoms with Crippen molar-refractivity contribution < 1.29 is 4.74 Å². The van der Waals surface area contributed by atoms with Crippen LogP contribution in [0.25, 0.3) is 0 Å². The van der Waals surface area contributed by atoms with Crippen LogP contribution in [-0.4, -0.2) is 11.6 Å². The zero-order valence-corrected chi connectivity index (χ0v) is 10.7. The summed E-state index contributed by atoms with van der Waals surface area (Å²) in [5.41, 5.74) is 6.74.